The van der Waals surface area contributed by atoms with Crippen molar-refractivity contribution in [2.75, 3.05) is 11.1 Å². The zero-order valence-corrected chi connectivity index (χ0v) is 13.5. The molecule has 2 amide bonds. The monoisotopic (exact) mass is 352 g/mol. The largest absolute Gasteiger partial charge is 0.353 e. The Morgan fingerprint density at radius 3 is 2.70 bits per heavy atom. The van der Waals surface area contributed by atoms with E-state index in [4.69, 9.17) is 0 Å². The van der Waals surface area contributed by atoms with Gasteiger partial charge in [0.1, 0.15) is 5.82 Å². The number of hydrogen-bond acceptors (Lipinski definition) is 6. The van der Waals surface area contributed by atoms with Gasteiger partial charge in [-0.1, -0.05) is 23.1 Å². The van der Waals surface area contributed by atoms with Crippen molar-refractivity contribution in [3.8, 4) is 0 Å². The molecule has 2 aromatic rings. The molecular formula is C14H13FN4O2S2. The fourth-order valence-electron chi connectivity index (χ4n) is 1.70. The first-order valence-corrected chi connectivity index (χ1v) is 8.73. The maximum absolute atomic E-state index is 12.8. The van der Waals surface area contributed by atoms with Gasteiger partial charge in [0.2, 0.25) is 10.9 Å². The Kier molecular flexibility index (Phi) is 4.87. The van der Waals surface area contributed by atoms with Gasteiger partial charge in [0.05, 0.1) is 5.75 Å². The van der Waals surface area contributed by atoms with Gasteiger partial charge in [-0.15, -0.1) is 10.2 Å². The maximum atomic E-state index is 12.8. The Bertz CT molecular complexity index is 716. The van der Waals surface area contributed by atoms with E-state index in [1.165, 1.54) is 36.0 Å². The second-order valence-electron chi connectivity index (χ2n) is 4.96. The van der Waals surface area contributed by atoms with E-state index in [0.29, 0.717) is 16.1 Å². The average molecular weight is 352 g/mol. The molecule has 6 nitrogen and oxygen atoms in total. The molecule has 0 saturated heterocycles. The van der Waals surface area contributed by atoms with Crippen LogP contribution in [-0.4, -0.2) is 33.8 Å². The van der Waals surface area contributed by atoms with Crippen molar-refractivity contribution < 1.29 is 14.0 Å². The van der Waals surface area contributed by atoms with Crippen LogP contribution in [0.5, 0.6) is 0 Å². The van der Waals surface area contributed by atoms with Crippen LogP contribution in [0.2, 0.25) is 0 Å². The zero-order valence-electron chi connectivity index (χ0n) is 11.9. The minimum atomic E-state index is -0.414. The van der Waals surface area contributed by atoms with Crippen LogP contribution in [0, 0.1) is 5.82 Å². The molecule has 1 fully saturated rings. The van der Waals surface area contributed by atoms with Gasteiger partial charge in [0.25, 0.3) is 5.91 Å². The number of benzene rings is 1. The van der Waals surface area contributed by atoms with Crippen molar-refractivity contribution in [3.63, 3.8) is 0 Å². The number of nitrogens with one attached hydrogen (secondary N) is 2. The molecule has 1 aromatic heterocycles. The number of amides is 2. The van der Waals surface area contributed by atoms with Gasteiger partial charge in [0, 0.05) is 11.7 Å². The number of nitrogens with zero attached hydrogens (tertiary/aromatic N) is 2. The van der Waals surface area contributed by atoms with Gasteiger partial charge >= 0.3 is 0 Å². The molecule has 9 heteroatoms. The molecule has 0 spiro atoms. The Morgan fingerprint density at radius 1 is 1.26 bits per heavy atom. The SMILES string of the molecule is O=C(CSc1nnc(C(=O)Nc2ccc(F)cc2)s1)NC1CC1. The van der Waals surface area contributed by atoms with Crippen LogP contribution in [0.3, 0.4) is 0 Å². The van der Waals surface area contributed by atoms with Gasteiger partial charge in [0.15, 0.2) is 4.34 Å². The van der Waals surface area contributed by atoms with E-state index in [1.54, 1.807) is 0 Å². The normalized spacial score (nSPS) is 13.6. The molecule has 1 aliphatic carbocycles. The molecule has 1 aliphatic rings. The lowest BCUT2D eigenvalue weighted by atomic mass is 10.3. The van der Waals surface area contributed by atoms with E-state index in [1.807, 2.05) is 0 Å². The summed E-state index contributed by atoms with van der Waals surface area (Å²) in [6.07, 6.45) is 2.09. The predicted molar refractivity (Wildman–Crippen MR) is 86.2 cm³/mol. The highest BCUT2D eigenvalue weighted by molar-refractivity contribution is 8.01. The lowest BCUT2D eigenvalue weighted by molar-refractivity contribution is -0.118. The zero-order chi connectivity index (χ0) is 16.2. The van der Waals surface area contributed by atoms with Gasteiger partial charge in [-0.05, 0) is 37.1 Å². The van der Waals surface area contributed by atoms with Crippen LogP contribution < -0.4 is 10.6 Å². The highest BCUT2D eigenvalue weighted by Gasteiger charge is 2.23. The number of rotatable bonds is 6. The molecule has 1 aromatic carbocycles. The molecule has 23 heavy (non-hydrogen) atoms. The number of carbonyl (C=O) groups is 2. The third-order valence-electron chi connectivity index (χ3n) is 2.97. The Labute approximate surface area is 139 Å². The number of aromatic nitrogens is 2. The van der Waals surface area contributed by atoms with E-state index in [0.717, 1.165) is 24.2 Å². The minimum absolute atomic E-state index is 0.0370. The average Bonchev–Trinajstić information content (AvgIpc) is 3.21. The molecule has 0 bridgehead atoms. The predicted octanol–water partition coefficient (Wildman–Crippen LogP) is 2.30. The molecule has 0 atom stereocenters. The maximum Gasteiger partial charge on any atom is 0.286 e. The molecular weight excluding hydrogens is 339 g/mol. The summed E-state index contributed by atoms with van der Waals surface area (Å²) in [6.45, 7) is 0. The van der Waals surface area contributed by atoms with Crippen LogP contribution in [0.25, 0.3) is 0 Å². The van der Waals surface area contributed by atoms with Crippen LogP contribution in [0.4, 0.5) is 10.1 Å². The van der Waals surface area contributed by atoms with Crippen molar-refractivity contribution >= 4 is 40.6 Å². The second kappa shape index (κ2) is 7.05. The summed E-state index contributed by atoms with van der Waals surface area (Å²) in [7, 11) is 0. The summed E-state index contributed by atoms with van der Waals surface area (Å²) >= 11 is 2.36. The molecule has 0 unspecified atom stereocenters. The molecule has 3 rings (SSSR count). The van der Waals surface area contributed by atoms with E-state index >= 15 is 0 Å². The van der Waals surface area contributed by atoms with E-state index in [-0.39, 0.29) is 22.5 Å². The first-order valence-electron chi connectivity index (χ1n) is 6.93. The smallest absolute Gasteiger partial charge is 0.286 e. The van der Waals surface area contributed by atoms with Crippen molar-refractivity contribution in [3.05, 3.63) is 35.1 Å². The second-order valence-corrected chi connectivity index (χ2v) is 7.16. The molecule has 0 radical (unpaired) electrons. The van der Waals surface area contributed by atoms with Crippen LogP contribution in [0.1, 0.15) is 22.6 Å². The van der Waals surface area contributed by atoms with Crippen molar-refractivity contribution in [2.24, 2.45) is 0 Å². The summed E-state index contributed by atoms with van der Waals surface area (Å²) < 4.78 is 13.4. The van der Waals surface area contributed by atoms with Crippen molar-refractivity contribution in [2.45, 2.75) is 23.2 Å². The van der Waals surface area contributed by atoms with Crippen LogP contribution in [0.15, 0.2) is 28.6 Å². The third kappa shape index (κ3) is 4.73. The molecule has 1 saturated carbocycles. The van der Waals surface area contributed by atoms with Crippen molar-refractivity contribution in [1.82, 2.24) is 15.5 Å². The lowest BCUT2D eigenvalue weighted by Gasteiger charge is -2.01. The third-order valence-corrected chi connectivity index (χ3v) is 5.03. The van der Waals surface area contributed by atoms with Crippen LogP contribution >= 0.6 is 23.1 Å². The molecule has 120 valence electrons. The van der Waals surface area contributed by atoms with E-state index in [2.05, 4.69) is 20.8 Å². The highest BCUT2D eigenvalue weighted by Crippen LogP contribution is 2.24. The molecule has 1 heterocycles. The fraction of sp³-hybridized carbons (Fsp3) is 0.286. The lowest BCUT2D eigenvalue weighted by Crippen LogP contribution is -2.26. The number of thioether (sulfide) groups is 1. The summed E-state index contributed by atoms with van der Waals surface area (Å²) in [5.74, 6) is -0.569. The van der Waals surface area contributed by atoms with Gasteiger partial charge in [-0.3, -0.25) is 9.59 Å². The van der Waals surface area contributed by atoms with Gasteiger partial charge in [-0.2, -0.15) is 0 Å². The number of carbonyl (C=O) groups excluding carboxylic acids is 2. The Balaban J connectivity index is 1.52. The number of halogens is 1. The first-order chi connectivity index (χ1) is 11.1. The molecule has 2 N–H and O–H groups in total. The van der Waals surface area contributed by atoms with E-state index < -0.39 is 5.91 Å². The van der Waals surface area contributed by atoms with Crippen LogP contribution in [-0.2, 0) is 4.79 Å². The summed E-state index contributed by atoms with van der Waals surface area (Å²) in [5, 5.41) is 13.4. The summed E-state index contributed by atoms with van der Waals surface area (Å²) in [4.78, 5) is 23.6. The highest BCUT2D eigenvalue weighted by atomic mass is 32.2. The number of hydrogen-bond donors (Lipinski definition) is 2. The summed E-state index contributed by atoms with van der Waals surface area (Å²) in [5.41, 5.74) is 0.476. The summed E-state index contributed by atoms with van der Waals surface area (Å²) in [6, 6.07) is 5.78. The minimum Gasteiger partial charge on any atom is -0.353 e. The Hall–Kier alpha value is -2.00. The quantitative estimate of drug-likeness (QED) is 0.780. The van der Waals surface area contributed by atoms with E-state index in [9.17, 15) is 14.0 Å². The Morgan fingerprint density at radius 2 is 2.00 bits per heavy atom. The van der Waals surface area contributed by atoms with Crippen molar-refractivity contribution in [1.29, 1.82) is 0 Å². The van der Waals surface area contributed by atoms with Gasteiger partial charge in [-0.25, -0.2) is 4.39 Å². The van der Waals surface area contributed by atoms with Gasteiger partial charge < -0.3 is 10.6 Å². The number of anilines is 1. The topological polar surface area (TPSA) is 84.0 Å². The standard InChI is InChI=1S/C14H13FN4O2S2/c15-8-1-3-10(4-2-8)17-12(21)13-18-19-14(23-13)22-7-11(20)16-9-5-6-9/h1-4,9H,5-7H2,(H,16,20)(H,17,21). The fourth-order valence-corrected chi connectivity index (χ4v) is 3.26. The first kappa shape index (κ1) is 15.9. The molecule has 0 aliphatic heterocycles.